The van der Waals surface area contributed by atoms with Crippen LogP contribution in [-0.2, 0) is 4.43 Å². The van der Waals surface area contributed by atoms with Crippen LogP contribution >= 0.6 is 0 Å². The summed E-state index contributed by atoms with van der Waals surface area (Å²) in [5.41, 5.74) is 0.644. The minimum Gasteiger partial charge on any atom is -0.416 e. The van der Waals surface area contributed by atoms with Gasteiger partial charge in [0.15, 0.2) is 8.32 Å². The van der Waals surface area contributed by atoms with Crippen LogP contribution in [0, 0.1) is 5.41 Å². The molecule has 0 aliphatic carbocycles. The molecule has 0 aliphatic heterocycles. The van der Waals surface area contributed by atoms with Gasteiger partial charge in [-0.05, 0) is 38.1 Å². The van der Waals surface area contributed by atoms with Crippen molar-refractivity contribution in [1.82, 2.24) is 4.57 Å². The molecule has 0 saturated heterocycles. The fraction of sp³-hybridized carbons (Fsp3) is 1.00. The van der Waals surface area contributed by atoms with Gasteiger partial charge in [-0.15, -0.1) is 0 Å². The smallest absolute Gasteiger partial charge is 0.183 e. The summed E-state index contributed by atoms with van der Waals surface area (Å²) in [5, 5.41) is 0. The molecule has 2 nitrogen and oxygen atoms in total. The lowest BCUT2D eigenvalue weighted by atomic mass is 9.98. The normalized spacial score (nSPS) is 16.6. The molecule has 0 saturated carbocycles. The molecule has 0 aliphatic rings. The summed E-state index contributed by atoms with van der Waals surface area (Å²) in [6.07, 6.45) is 0. The quantitative estimate of drug-likeness (QED) is 0.465. The minimum absolute atomic E-state index is 0.204. The average molecular weight is 406 g/mol. The van der Waals surface area contributed by atoms with E-state index in [0.29, 0.717) is 5.73 Å². The molecule has 0 N–H and O–H groups in total. The topological polar surface area (TPSA) is 12.5 Å². The fourth-order valence-electron chi connectivity index (χ4n) is 4.99. The minimum atomic E-state index is -1.78. The van der Waals surface area contributed by atoms with E-state index in [1.165, 1.54) is 13.1 Å². The Morgan fingerprint density at radius 1 is 0.750 bits per heavy atom. The molecule has 6 heteroatoms. The van der Waals surface area contributed by atoms with E-state index < -0.39 is 30.8 Å². The predicted octanol–water partition coefficient (Wildman–Crippen LogP) is 5.91. The van der Waals surface area contributed by atoms with Gasteiger partial charge in [-0.25, -0.2) is 0 Å². The molecule has 1 unspecified atom stereocenters. The molecule has 0 aromatic heterocycles. The van der Waals surface area contributed by atoms with Crippen molar-refractivity contribution in [3.8, 4) is 0 Å². The molecule has 0 radical (unpaired) electrons. The summed E-state index contributed by atoms with van der Waals surface area (Å²) in [6.45, 7) is 37.4. The highest BCUT2D eigenvalue weighted by Gasteiger charge is 2.65. The Bertz CT molecular complexity index is 381. The molecular formula is C18H47NOSi4. The van der Waals surface area contributed by atoms with Gasteiger partial charge in [0.25, 0.3) is 0 Å². The standard InChI is InChI=1S/C18H47NOSi4/c1-15-19(16-2)24(22(9,10)11,23(12,13)14)17(18(3,4)5)20-21(6,7)8/h17H,15-16H2,1-14H3. The maximum atomic E-state index is 7.13. The van der Waals surface area contributed by atoms with E-state index >= 15 is 0 Å². The van der Waals surface area contributed by atoms with E-state index in [2.05, 4.69) is 98.1 Å². The molecule has 0 fully saturated rings. The second kappa shape index (κ2) is 7.80. The fourth-order valence-corrected chi connectivity index (χ4v) is 59.1. The van der Waals surface area contributed by atoms with Crippen LogP contribution < -0.4 is 0 Å². The van der Waals surface area contributed by atoms with Crippen LogP contribution in [0.4, 0.5) is 0 Å². The first-order chi connectivity index (χ1) is 10.4. The van der Waals surface area contributed by atoms with Crippen molar-refractivity contribution in [3.05, 3.63) is 0 Å². The molecule has 1 atom stereocenters. The maximum absolute atomic E-state index is 7.13. The second-order valence-corrected chi connectivity index (χ2v) is 42.6. The molecule has 0 amide bonds. The highest BCUT2D eigenvalue weighted by molar-refractivity contribution is 7.68. The summed E-state index contributed by atoms with van der Waals surface area (Å²) < 4.78 is 10.1. The summed E-state index contributed by atoms with van der Waals surface area (Å²) >= 11 is 0. The van der Waals surface area contributed by atoms with Crippen LogP contribution in [0.5, 0.6) is 0 Å². The Balaban J connectivity index is 6.84. The third kappa shape index (κ3) is 5.16. The van der Waals surface area contributed by atoms with E-state index in [1.54, 1.807) is 0 Å². The Labute approximate surface area is 157 Å². The van der Waals surface area contributed by atoms with E-state index in [1.807, 2.05) is 0 Å². The first kappa shape index (κ1) is 24.8. The van der Waals surface area contributed by atoms with Crippen molar-refractivity contribution >= 4 is 30.8 Å². The zero-order valence-electron chi connectivity index (χ0n) is 19.3. The van der Waals surface area contributed by atoms with Crippen LogP contribution in [-0.4, -0.2) is 54.2 Å². The highest BCUT2D eigenvalue weighted by atomic mass is 29.6. The van der Waals surface area contributed by atoms with Crippen molar-refractivity contribution in [3.63, 3.8) is 0 Å². The molecule has 0 heterocycles. The van der Waals surface area contributed by atoms with Crippen LogP contribution in [0.15, 0.2) is 0 Å². The van der Waals surface area contributed by atoms with Gasteiger partial charge < -0.3 is 8.99 Å². The summed E-state index contributed by atoms with van der Waals surface area (Å²) in [7, 11) is -6.25. The monoisotopic (exact) mass is 405 g/mol. The van der Waals surface area contributed by atoms with Gasteiger partial charge in [-0.3, -0.25) is 0 Å². The van der Waals surface area contributed by atoms with Gasteiger partial charge in [-0.1, -0.05) is 73.9 Å². The van der Waals surface area contributed by atoms with Gasteiger partial charge in [-0.2, -0.15) is 0 Å². The van der Waals surface area contributed by atoms with Crippen molar-refractivity contribution in [2.24, 2.45) is 5.41 Å². The summed E-state index contributed by atoms with van der Waals surface area (Å²) in [5.74, 6) is 0. The molecule has 0 rings (SSSR count). The number of rotatable bonds is 8. The molecule has 0 aromatic rings. The van der Waals surface area contributed by atoms with Crippen molar-refractivity contribution in [1.29, 1.82) is 0 Å². The molecule has 146 valence electrons. The molecule has 0 bridgehead atoms. The zero-order valence-corrected chi connectivity index (χ0v) is 23.3. The van der Waals surface area contributed by atoms with Crippen molar-refractivity contribution < 1.29 is 4.43 Å². The van der Waals surface area contributed by atoms with Crippen LogP contribution in [0.1, 0.15) is 34.6 Å². The van der Waals surface area contributed by atoms with Gasteiger partial charge in [0.1, 0.15) is 7.27 Å². The van der Waals surface area contributed by atoms with Gasteiger partial charge >= 0.3 is 0 Å². The van der Waals surface area contributed by atoms with Crippen LogP contribution in [0.2, 0.25) is 58.9 Å². The van der Waals surface area contributed by atoms with Crippen molar-refractivity contribution in [2.45, 2.75) is 99.3 Å². The summed E-state index contributed by atoms with van der Waals surface area (Å²) in [6, 6.07) is 0. The Kier molecular flexibility index (Phi) is 8.06. The number of nitrogens with zero attached hydrogens (tertiary/aromatic N) is 1. The molecule has 24 heavy (non-hydrogen) atoms. The number of hydrogen-bond acceptors (Lipinski definition) is 2. The maximum Gasteiger partial charge on any atom is 0.183 e. The largest absolute Gasteiger partial charge is 0.416 e. The zero-order chi connectivity index (χ0) is 19.8. The number of hydrogen-bond donors (Lipinski definition) is 0. The predicted molar refractivity (Wildman–Crippen MR) is 123 cm³/mol. The first-order valence-corrected chi connectivity index (χ1v) is 24.2. The second-order valence-electron chi connectivity index (χ2n) is 11.4. The summed E-state index contributed by atoms with van der Waals surface area (Å²) in [4.78, 5) is 0. The first-order valence-electron chi connectivity index (χ1n) is 9.79. The molecular weight excluding hydrogens is 359 g/mol. The van der Waals surface area contributed by atoms with E-state index in [-0.39, 0.29) is 5.41 Å². The SMILES string of the molecule is CCN(CC)[Si](C(O[Si](C)(C)C)C(C)(C)C)([Si](C)(C)C)[Si](C)(C)C. The molecule has 0 aromatic carbocycles. The Morgan fingerprint density at radius 3 is 1.25 bits per heavy atom. The Hall–Kier alpha value is 0.788. The van der Waals surface area contributed by atoms with Crippen molar-refractivity contribution in [2.75, 3.05) is 13.1 Å². The van der Waals surface area contributed by atoms with Gasteiger partial charge in [0.2, 0.25) is 0 Å². The van der Waals surface area contributed by atoms with Crippen LogP contribution in [0.3, 0.4) is 0 Å². The molecule has 0 spiro atoms. The lowest BCUT2D eigenvalue weighted by Gasteiger charge is -2.63. The third-order valence-electron chi connectivity index (χ3n) is 5.19. The van der Waals surface area contributed by atoms with Gasteiger partial charge in [0.05, 0.1) is 20.9 Å². The van der Waals surface area contributed by atoms with E-state index in [4.69, 9.17) is 4.43 Å². The lowest BCUT2D eigenvalue weighted by Crippen LogP contribution is -2.87. The van der Waals surface area contributed by atoms with Crippen LogP contribution in [0.25, 0.3) is 0 Å². The highest BCUT2D eigenvalue weighted by Crippen LogP contribution is 2.43. The van der Waals surface area contributed by atoms with E-state index in [0.717, 1.165) is 0 Å². The third-order valence-corrected chi connectivity index (χ3v) is 45.0. The van der Waals surface area contributed by atoms with Gasteiger partial charge in [0, 0.05) is 0 Å². The Morgan fingerprint density at radius 2 is 1.08 bits per heavy atom. The lowest BCUT2D eigenvalue weighted by molar-refractivity contribution is 0.134. The van der Waals surface area contributed by atoms with E-state index in [9.17, 15) is 0 Å². The average Bonchev–Trinajstić information content (AvgIpc) is 2.27.